The van der Waals surface area contributed by atoms with E-state index in [0.717, 1.165) is 11.3 Å². The van der Waals surface area contributed by atoms with Crippen LogP contribution in [0, 0.1) is 0 Å². The third-order valence-electron chi connectivity index (χ3n) is 8.59. The van der Waals surface area contributed by atoms with Crippen LogP contribution in [0.25, 0.3) is 82.9 Å². The van der Waals surface area contributed by atoms with Crippen molar-refractivity contribution in [3.8, 4) is 50.3 Å². The molecule has 0 atom stereocenters. The van der Waals surface area contributed by atoms with Crippen LogP contribution in [-0.4, -0.2) is 9.55 Å². The number of benzene rings is 6. The predicted molar refractivity (Wildman–Crippen MR) is 171 cm³/mol. The molecule has 0 unspecified atom stereocenters. The van der Waals surface area contributed by atoms with Crippen LogP contribution in [0.1, 0.15) is 0 Å². The van der Waals surface area contributed by atoms with Gasteiger partial charge in [0.2, 0.25) is 0 Å². The van der Waals surface area contributed by atoms with Crippen LogP contribution in [0.3, 0.4) is 0 Å². The Kier molecular flexibility index (Phi) is 4.64. The smallest absolute Gasteiger partial charge is 0.145 e. The summed E-state index contributed by atoms with van der Waals surface area (Å²) >= 11 is 0. The van der Waals surface area contributed by atoms with Crippen LogP contribution in [0.4, 0.5) is 0 Å². The summed E-state index contributed by atoms with van der Waals surface area (Å²) in [5.74, 6) is 0.975. The Labute approximate surface area is 237 Å². The van der Waals surface area contributed by atoms with Crippen LogP contribution >= 0.6 is 0 Å². The fourth-order valence-corrected chi connectivity index (χ4v) is 6.74. The quantitative estimate of drug-likeness (QED) is 0.227. The molecule has 2 aromatic heterocycles. The van der Waals surface area contributed by atoms with Gasteiger partial charge in [0.1, 0.15) is 5.82 Å². The van der Waals surface area contributed by atoms with Gasteiger partial charge in [-0.3, -0.25) is 4.57 Å². The summed E-state index contributed by atoms with van der Waals surface area (Å²) in [5, 5.41) is 4.94. The van der Waals surface area contributed by atoms with Crippen molar-refractivity contribution in [2.45, 2.75) is 0 Å². The van der Waals surface area contributed by atoms with Crippen LogP contribution in [0.15, 0.2) is 146 Å². The fraction of sp³-hybridized carbons (Fsp3) is 0. The van der Waals surface area contributed by atoms with Gasteiger partial charge in [-0.05, 0) is 63.2 Å². The van der Waals surface area contributed by atoms with E-state index in [9.17, 15) is 0 Å². The van der Waals surface area contributed by atoms with Crippen LogP contribution in [0.2, 0.25) is 0 Å². The maximum absolute atomic E-state index is 5.14. The van der Waals surface area contributed by atoms with Crippen molar-refractivity contribution < 1.29 is 0 Å². The molecule has 0 amide bonds. The maximum Gasteiger partial charge on any atom is 0.145 e. The molecule has 0 aliphatic heterocycles. The monoisotopic (exact) mass is 520 g/mol. The summed E-state index contributed by atoms with van der Waals surface area (Å²) in [5.41, 5.74) is 12.3. The van der Waals surface area contributed by atoms with Gasteiger partial charge >= 0.3 is 0 Å². The Balaban J connectivity index is 1.28. The Morgan fingerprint density at radius 3 is 1.88 bits per heavy atom. The summed E-state index contributed by atoms with van der Waals surface area (Å²) in [6.07, 6.45) is 2.07. The number of nitrogens with zero attached hydrogens (tertiary/aromatic N) is 2. The molecule has 9 rings (SSSR count). The van der Waals surface area contributed by atoms with E-state index >= 15 is 0 Å². The average molecular weight is 521 g/mol. The fourth-order valence-electron chi connectivity index (χ4n) is 6.74. The van der Waals surface area contributed by atoms with Crippen molar-refractivity contribution >= 4 is 32.6 Å². The van der Waals surface area contributed by atoms with Gasteiger partial charge in [0.15, 0.2) is 0 Å². The number of pyridine rings is 1. The van der Waals surface area contributed by atoms with Gasteiger partial charge in [0, 0.05) is 33.3 Å². The molecule has 0 saturated carbocycles. The number of rotatable bonds is 3. The molecule has 0 spiro atoms. The van der Waals surface area contributed by atoms with E-state index < -0.39 is 0 Å². The first kappa shape index (κ1) is 22.4. The molecule has 0 N–H and O–H groups in total. The summed E-state index contributed by atoms with van der Waals surface area (Å²) in [4.78, 5) is 5.14. The topological polar surface area (TPSA) is 17.8 Å². The van der Waals surface area contributed by atoms with Gasteiger partial charge in [0.05, 0.1) is 11.0 Å². The SMILES string of the molecule is c1ccc(-c2cccc(-c3ccc4c(c3)c3ccccc3n4-c3ncc4c5c(cccc35)-c3ccccc3-4)c2)cc1. The first-order chi connectivity index (χ1) is 20.3. The summed E-state index contributed by atoms with van der Waals surface area (Å²) in [7, 11) is 0. The summed E-state index contributed by atoms with van der Waals surface area (Å²) < 4.78 is 2.35. The van der Waals surface area contributed by atoms with Crippen LogP contribution in [0.5, 0.6) is 0 Å². The highest BCUT2D eigenvalue weighted by molar-refractivity contribution is 6.18. The molecule has 1 aliphatic carbocycles. The maximum atomic E-state index is 5.14. The Morgan fingerprint density at radius 1 is 0.390 bits per heavy atom. The van der Waals surface area contributed by atoms with Gasteiger partial charge in [-0.2, -0.15) is 0 Å². The van der Waals surface area contributed by atoms with Gasteiger partial charge in [-0.1, -0.05) is 115 Å². The third-order valence-corrected chi connectivity index (χ3v) is 8.59. The Hall–Kier alpha value is -5.47. The number of para-hydroxylation sites is 1. The molecule has 1 aliphatic rings. The molecule has 0 bridgehead atoms. The molecule has 2 nitrogen and oxygen atoms in total. The minimum Gasteiger partial charge on any atom is -0.293 e. The second-order valence-corrected chi connectivity index (χ2v) is 10.8. The molecule has 8 aromatic rings. The normalized spacial score (nSPS) is 11.9. The first-order valence-corrected chi connectivity index (χ1v) is 14.1. The molecule has 0 fully saturated rings. The van der Waals surface area contributed by atoms with E-state index in [4.69, 9.17) is 4.98 Å². The third kappa shape index (κ3) is 3.22. The molecular weight excluding hydrogens is 496 g/mol. The molecule has 41 heavy (non-hydrogen) atoms. The standard InChI is InChI=1S/C39H24N2/c1-2-10-25(11-3-1)26-12-8-13-27(22-26)28-20-21-37-34(23-28)31-16-6-7-19-36(31)41(37)39-33-18-9-17-32-29-14-4-5-15-30(29)35(24-40-39)38(32)33/h1-24H. The highest BCUT2D eigenvalue weighted by atomic mass is 15.1. The van der Waals surface area contributed by atoms with Crippen molar-refractivity contribution in [1.29, 1.82) is 0 Å². The molecule has 6 aromatic carbocycles. The lowest BCUT2D eigenvalue weighted by Gasteiger charge is -2.12. The number of aromatic nitrogens is 2. The first-order valence-electron chi connectivity index (χ1n) is 14.1. The van der Waals surface area contributed by atoms with Crippen molar-refractivity contribution in [1.82, 2.24) is 9.55 Å². The molecular formula is C39H24N2. The zero-order valence-electron chi connectivity index (χ0n) is 22.3. The predicted octanol–water partition coefficient (Wildman–Crippen LogP) is 10.3. The zero-order chi connectivity index (χ0) is 26.9. The Bertz CT molecular complexity index is 2280. The minimum atomic E-state index is 0.975. The van der Waals surface area contributed by atoms with Crippen molar-refractivity contribution in [2.75, 3.05) is 0 Å². The lowest BCUT2D eigenvalue weighted by Crippen LogP contribution is -1.99. The summed E-state index contributed by atoms with van der Waals surface area (Å²) in [6, 6.07) is 50.3. The highest BCUT2D eigenvalue weighted by Gasteiger charge is 2.24. The van der Waals surface area contributed by atoms with E-state index in [1.54, 1.807) is 0 Å². The second kappa shape index (κ2) is 8.51. The van der Waals surface area contributed by atoms with Crippen molar-refractivity contribution in [3.05, 3.63) is 146 Å². The lowest BCUT2D eigenvalue weighted by atomic mass is 9.98. The minimum absolute atomic E-state index is 0.975. The van der Waals surface area contributed by atoms with E-state index in [2.05, 4.69) is 150 Å². The average Bonchev–Trinajstić information content (AvgIpc) is 3.55. The van der Waals surface area contributed by atoms with Gasteiger partial charge < -0.3 is 0 Å². The lowest BCUT2D eigenvalue weighted by molar-refractivity contribution is 1.10. The van der Waals surface area contributed by atoms with E-state index in [-0.39, 0.29) is 0 Å². The van der Waals surface area contributed by atoms with E-state index in [0.29, 0.717) is 0 Å². The van der Waals surface area contributed by atoms with E-state index in [1.807, 2.05) is 0 Å². The van der Waals surface area contributed by atoms with Crippen molar-refractivity contribution in [3.63, 3.8) is 0 Å². The molecule has 0 saturated heterocycles. The van der Waals surface area contributed by atoms with Gasteiger partial charge in [0.25, 0.3) is 0 Å². The number of hydrogen-bond acceptors (Lipinski definition) is 1. The number of fused-ring (bicyclic) bond motifs is 6. The van der Waals surface area contributed by atoms with Crippen LogP contribution in [-0.2, 0) is 0 Å². The second-order valence-electron chi connectivity index (χ2n) is 10.8. The Morgan fingerprint density at radius 2 is 1.00 bits per heavy atom. The molecule has 0 radical (unpaired) electrons. The molecule has 2 heteroatoms. The molecule has 2 heterocycles. The largest absolute Gasteiger partial charge is 0.293 e. The summed E-state index contributed by atoms with van der Waals surface area (Å²) in [6.45, 7) is 0. The van der Waals surface area contributed by atoms with Gasteiger partial charge in [-0.15, -0.1) is 0 Å². The zero-order valence-corrected chi connectivity index (χ0v) is 22.3. The van der Waals surface area contributed by atoms with Crippen LogP contribution < -0.4 is 0 Å². The molecule has 190 valence electrons. The highest BCUT2D eigenvalue weighted by Crippen LogP contribution is 2.48. The van der Waals surface area contributed by atoms with Crippen molar-refractivity contribution in [2.24, 2.45) is 0 Å². The van der Waals surface area contributed by atoms with Gasteiger partial charge in [-0.25, -0.2) is 4.98 Å². The number of hydrogen-bond donors (Lipinski definition) is 0. The van der Waals surface area contributed by atoms with E-state index in [1.165, 1.54) is 71.6 Å².